The average molecular weight is 384 g/mol. The molecule has 5 heteroatoms. The topological polar surface area (TPSA) is 40.6 Å². The van der Waals surface area contributed by atoms with Gasteiger partial charge >= 0.3 is 0 Å². The van der Waals surface area contributed by atoms with Gasteiger partial charge in [-0.1, -0.05) is 6.07 Å². The Kier molecular flexibility index (Phi) is 3.96. The van der Waals surface area contributed by atoms with Crippen LogP contribution in [0.15, 0.2) is 24.3 Å². The smallest absolute Gasteiger partial charge is 0.249 e. The van der Waals surface area contributed by atoms with Crippen LogP contribution in [0.2, 0.25) is 0 Å². The van der Waals surface area contributed by atoms with Crippen LogP contribution in [0, 0.1) is 3.57 Å². The van der Waals surface area contributed by atoms with Crippen molar-refractivity contribution in [3.05, 3.63) is 27.8 Å². The highest BCUT2D eigenvalue weighted by molar-refractivity contribution is 14.1. The lowest BCUT2D eigenvalue weighted by molar-refractivity contribution is -0.138. The van der Waals surface area contributed by atoms with E-state index >= 15 is 0 Å². The van der Waals surface area contributed by atoms with Gasteiger partial charge in [-0.15, -0.1) is 0 Å². The zero-order valence-corrected chi connectivity index (χ0v) is 13.4. The molecule has 0 radical (unpaired) electrons. The van der Waals surface area contributed by atoms with Crippen LogP contribution in [0.4, 0.5) is 5.69 Å². The summed E-state index contributed by atoms with van der Waals surface area (Å²) in [5.74, 6) is 0.203. The molecule has 1 unspecified atom stereocenters. The average Bonchev–Trinajstić information content (AvgIpc) is 2.58. The van der Waals surface area contributed by atoms with E-state index in [0.29, 0.717) is 13.0 Å². The van der Waals surface area contributed by atoms with E-state index in [1.807, 2.05) is 24.3 Å². The number of anilines is 1. The van der Waals surface area contributed by atoms with E-state index < -0.39 is 0 Å². The van der Waals surface area contributed by atoms with Crippen molar-refractivity contribution in [3.8, 4) is 0 Å². The highest BCUT2D eigenvalue weighted by Crippen LogP contribution is 2.27. The van der Waals surface area contributed by atoms with E-state index in [-0.39, 0.29) is 17.9 Å². The molecule has 0 spiro atoms. The molecule has 1 atom stereocenters. The molecule has 20 heavy (non-hydrogen) atoms. The van der Waals surface area contributed by atoms with Crippen molar-refractivity contribution in [2.75, 3.05) is 18.0 Å². The van der Waals surface area contributed by atoms with Gasteiger partial charge in [-0.3, -0.25) is 9.59 Å². The molecule has 0 bridgehead atoms. The Labute approximate surface area is 132 Å². The van der Waals surface area contributed by atoms with Gasteiger partial charge in [0.2, 0.25) is 11.8 Å². The van der Waals surface area contributed by atoms with Crippen LogP contribution in [0.25, 0.3) is 0 Å². The molecule has 1 aromatic rings. The molecule has 1 aromatic carbocycles. The molecule has 2 fully saturated rings. The molecule has 106 valence electrons. The quantitative estimate of drug-likeness (QED) is 0.698. The van der Waals surface area contributed by atoms with Crippen molar-refractivity contribution in [3.63, 3.8) is 0 Å². The number of benzene rings is 1. The second-order valence-corrected chi connectivity index (χ2v) is 6.56. The predicted molar refractivity (Wildman–Crippen MR) is 85.5 cm³/mol. The summed E-state index contributed by atoms with van der Waals surface area (Å²) in [4.78, 5) is 28.5. The Morgan fingerprint density at radius 1 is 1.15 bits per heavy atom. The maximum Gasteiger partial charge on any atom is 0.249 e. The summed E-state index contributed by atoms with van der Waals surface area (Å²) >= 11 is 2.24. The number of halogens is 1. The fraction of sp³-hybridized carbons (Fsp3) is 0.467. The molecule has 0 aromatic heterocycles. The van der Waals surface area contributed by atoms with E-state index in [1.54, 1.807) is 9.80 Å². The van der Waals surface area contributed by atoms with Crippen molar-refractivity contribution in [1.29, 1.82) is 0 Å². The van der Waals surface area contributed by atoms with E-state index in [1.165, 1.54) is 0 Å². The zero-order chi connectivity index (χ0) is 14.1. The van der Waals surface area contributed by atoms with Gasteiger partial charge in [0.25, 0.3) is 0 Å². The Bertz CT molecular complexity index is 546. The predicted octanol–water partition coefficient (Wildman–Crippen LogP) is 2.41. The normalized spacial score (nSPS) is 23.6. The highest BCUT2D eigenvalue weighted by Gasteiger charge is 2.38. The van der Waals surface area contributed by atoms with Gasteiger partial charge in [0.1, 0.15) is 6.04 Å². The van der Waals surface area contributed by atoms with Crippen LogP contribution in [-0.2, 0) is 9.59 Å². The van der Waals surface area contributed by atoms with Gasteiger partial charge < -0.3 is 9.80 Å². The summed E-state index contributed by atoms with van der Waals surface area (Å²) in [7, 11) is 0. The fourth-order valence-electron chi connectivity index (χ4n) is 3.03. The molecule has 2 heterocycles. The number of rotatable bonds is 1. The largest absolute Gasteiger partial charge is 0.331 e. The van der Waals surface area contributed by atoms with Crippen LogP contribution in [0.5, 0.6) is 0 Å². The summed E-state index contributed by atoms with van der Waals surface area (Å²) in [6.45, 7) is 1.22. The van der Waals surface area contributed by atoms with Crippen molar-refractivity contribution in [2.45, 2.75) is 31.7 Å². The SMILES string of the molecule is O=C1C2CCCCN2C(=O)CCN1c1cccc(I)c1. The van der Waals surface area contributed by atoms with Crippen molar-refractivity contribution >= 4 is 40.1 Å². The van der Waals surface area contributed by atoms with E-state index in [2.05, 4.69) is 22.6 Å². The molecule has 3 rings (SSSR count). The maximum atomic E-state index is 12.8. The highest BCUT2D eigenvalue weighted by atomic mass is 127. The third kappa shape index (κ3) is 2.55. The first-order valence-corrected chi connectivity index (χ1v) is 8.11. The van der Waals surface area contributed by atoms with Gasteiger partial charge in [-0.2, -0.15) is 0 Å². The second kappa shape index (κ2) is 5.71. The molecule has 2 aliphatic heterocycles. The van der Waals surface area contributed by atoms with Crippen molar-refractivity contribution < 1.29 is 9.59 Å². The van der Waals surface area contributed by atoms with E-state index in [4.69, 9.17) is 0 Å². The number of fused-ring (bicyclic) bond motifs is 1. The number of amides is 2. The molecule has 4 nitrogen and oxygen atoms in total. The lowest BCUT2D eigenvalue weighted by atomic mass is 10.0. The summed E-state index contributed by atoms with van der Waals surface area (Å²) in [6.07, 6.45) is 3.26. The molecule has 0 aliphatic carbocycles. The minimum Gasteiger partial charge on any atom is -0.331 e. The monoisotopic (exact) mass is 384 g/mol. The molecular formula is C15H17IN2O2. The van der Waals surface area contributed by atoms with Crippen LogP contribution in [0.1, 0.15) is 25.7 Å². The summed E-state index contributed by atoms with van der Waals surface area (Å²) < 4.78 is 1.10. The zero-order valence-electron chi connectivity index (χ0n) is 11.2. The summed E-state index contributed by atoms with van der Waals surface area (Å²) in [5.41, 5.74) is 0.905. The molecule has 2 aliphatic rings. The van der Waals surface area contributed by atoms with Crippen molar-refractivity contribution in [1.82, 2.24) is 4.90 Å². The van der Waals surface area contributed by atoms with Crippen LogP contribution < -0.4 is 4.90 Å². The lowest BCUT2D eigenvalue weighted by Crippen LogP contribution is -2.49. The first-order valence-electron chi connectivity index (χ1n) is 7.03. The van der Waals surface area contributed by atoms with E-state index in [0.717, 1.165) is 35.1 Å². The number of nitrogens with zero attached hydrogens (tertiary/aromatic N) is 2. The minimum absolute atomic E-state index is 0.0811. The number of hydrogen-bond acceptors (Lipinski definition) is 2. The van der Waals surface area contributed by atoms with Crippen LogP contribution >= 0.6 is 22.6 Å². The first kappa shape index (κ1) is 13.9. The van der Waals surface area contributed by atoms with Crippen LogP contribution in [-0.4, -0.2) is 35.8 Å². The standard InChI is InChI=1S/C15H17IN2O2/c16-11-4-3-5-12(10-11)17-9-7-14(19)18-8-2-1-6-13(18)15(17)20/h3-5,10,13H,1-2,6-9H2. The second-order valence-electron chi connectivity index (χ2n) is 5.32. The molecule has 2 amide bonds. The summed E-state index contributed by atoms with van der Waals surface area (Å²) in [6, 6.07) is 7.65. The van der Waals surface area contributed by atoms with E-state index in [9.17, 15) is 9.59 Å². The van der Waals surface area contributed by atoms with Gasteiger partial charge in [-0.05, 0) is 60.1 Å². The Morgan fingerprint density at radius 3 is 2.80 bits per heavy atom. The third-order valence-electron chi connectivity index (χ3n) is 4.04. The Hall–Kier alpha value is -1.11. The number of piperidine rings is 1. The number of hydrogen-bond donors (Lipinski definition) is 0. The third-order valence-corrected chi connectivity index (χ3v) is 4.71. The molecule has 0 N–H and O–H groups in total. The lowest BCUT2D eigenvalue weighted by Gasteiger charge is -2.34. The summed E-state index contributed by atoms with van der Waals surface area (Å²) in [5, 5.41) is 0. The molecule has 0 saturated carbocycles. The Morgan fingerprint density at radius 2 is 2.00 bits per heavy atom. The van der Waals surface area contributed by atoms with Gasteiger partial charge in [-0.25, -0.2) is 0 Å². The van der Waals surface area contributed by atoms with Crippen molar-refractivity contribution in [2.24, 2.45) is 0 Å². The van der Waals surface area contributed by atoms with Gasteiger partial charge in [0.15, 0.2) is 0 Å². The number of carbonyl (C=O) groups excluding carboxylic acids is 2. The first-order chi connectivity index (χ1) is 9.66. The maximum absolute atomic E-state index is 12.8. The van der Waals surface area contributed by atoms with Gasteiger partial charge in [0.05, 0.1) is 0 Å². The van der Waals surface area contributed by atoms with Gasteiger partial charge in [0, 0.05) is 28.8 Å². The minimum atomic E-state index is -0.253. The Balaban J connectivity index is 1.92. The molecule has 2 saturated heterocycles. The fourth-order valence-corrected chi connectivity index (χ4v) is 3.55. The number of carbonyl (C=O) groups is 2. The van der Waals surface area contributed by atoms with Crippen LogP contribution in [0.3, 0.4) is 0 Å². The molecular weight excluding hydrogens is 367 g/mol.